The van der Waals surface area contributed by atoms with E-state index >= 15 is 0 Å². The normalized spacial score (nSPS) is 12.9. The highest BCUT2D eigenvalue weighted by Gasteiger charge is 2.12. The number of rotatable bonds is 10. The number of methoxy groups -OCH3 is 1. The summed E-state index contributed by atoms with van der Waals surface area (Å²) in [5, 5.41) is 10.1. The van der Waals surface area contributed by atoms with Gasteiger partial charge in [-0.25, -0.2) is 0 Å². The highest BCUT2D eigenvalue weighted by atomic mass is 16.5. The number of hydrogen-bond acceptors (Lipinski definition) is 3. The van der Waals surface area contributed by atoms with Gasteiger partial charge in [0.05, 0.1) is 13.2 Å². The van der Waals surface area contributed by atoms with Gasteiger partial charge in [-0.2, -0.15) is 0 Å². The number of nitrogens with zero attached hydrogens (tertiary/aromatic N) is 1. The molecule has 0 aliphatic carbocycles. The minimum Gasteiger partial charge on any atom is -0.497 e. The van der Waals surface area contributed by atoms with Crippen molar-refractivity contribution >= 4 is 0 Å². The van der Waals surface area contributed by atoms with Gasteiger partial charge in [0.15, 0.2) is 0 Å². The molecule has 0 amide bonds. The van der Waals surface area contributed by atoms with Crippen molar-refractivity contribution in [2.75, 3.05) is 20.2 Å². The SMILES string of the molecule is CCCC(O)CN(CCC(C)C)Cc1cccc(OC)c1. The van der Waals surface area contributed by atoms with Gasteiger partial charge in [0, 0.05) is 13.1 Å². The Kier molecular flexibility index (Phi) is 8.40. The van der Waals surface area contributed by atoms with Crippen LogP contribution in [-0.4, -0.2) is 36.3 Å². The van der Waals surface area contributed by atoms with E-state index in [4.69, 9.17) is 4.74 Å². The molecule has 1 aromatic rings. The number of aliphatic hydroxyl groups is 1. The monoisotopic (exact) mass is 293 g/mol. The highest BCUT2D eigenvalue weighted by molar-refractivity contribution is 5.28. The molecule has 3 heteroatoms. The summed E-state index contributed by atoms with van der Waals surface area (Å²) in [5.74, 6) is 1.58. The average Bonchev–Trinajstić information content (AvgIpc) is 2.45. The van der Waals surface area contributed by atoms with Crippen LogP contribution in [0.1, 0.15) is 45.6 Å². The Morgan fingerprint density at radius 2 is 2.00 bits per heavy atom. The molecule has 0 radical (unpaired) electrons. The Morgan fingerprint density at radius 3 is 2.62 bits per heavy atom. The Bertz CT molecular complexity index is 393. The number of aliphatic hydroxyl groups excluding tert-OH is 1. The third-order valence-electron chi connectivity index (χ3n) is 3.65. The minimum absolute atomic E-state index is 0.229. The van der Waals surface area contributed by atoms with Crippen LogP contribution in [0.15, 0.2) is 24.3 Å². The van der Waals surface area contributed by atoms with E-state index in [-0.39, 0.29) is 6.10 Å². The van der Waals surface area contributed by atoms with Crippen molar-refractivity contribution in [2.24, 2.45) is 5.92 Å². The number of ether oxygens (including phenoxy) is 1. The summed E-state index contributed by atoms with van der Waals surface area (Å²) in [6, 6.07) is 8.19. The van der Waals surface area contributed by atoms with Crippen molar-refractivity contribution in [1.29, 1.82) is 0 Å². The van der Waals surface area contributed by atoms with E-state index in [2.05, 4.69) is 37.8 Å². The lowest BCUT2D eigenvalue weighted by Gasteiger charge is -2.26. The molecule has 0 aliphatic heterocycles. The highest BCUT2D eigenvalue weighted by Crippen LogP contribution is 2.16. The maximum Gasteiger partial charge on any atom is 0.119 e. The molecule has 0 saturated heterocycles. The Morgan fingerprint density at radius 1 is 1.24 bits per heavy atom. The molecular formula is C18H31NO2. The standard InChI is InChI=1S/C18H31NO2/c1-5-7-17(20)14-19(11-10-15(2)3)13-16-8-6-9-18(12-16)21-4/h6,8-9,12,15,17,20H,5,7,10-11,13-14H2,1-4H3. The molecule has 120 valence electrons. The van der Waals surface area contributed by atoms with Crippen LogP contribution in [0.25, 0.3) is 0 Å². The molecule has 21 heavy (non-hydrogen) atoms. The first-order valence-corrected chi connectivity index (χ1v) is 8.08. The van der Waals surface area contributed by atoms with Crippen molar-refractivity contribution in [1.82, 2.24) is 4.90 Å². The molecular weight excluding hydrogens is 262 g/mol. The van der Waals surface area contributed by atoms with Crippen LogP contribution in [0.5, 0.6) is 5.75 Å². The molecule has 0 fully saturated rings. The lowest BCUT2D eigenvalue weighted by atomic mass is 10.1. The van der Waals surface area contributed by atoms with Crippen molar-refractivity contribution in [3.05, 3.63) is 29.8 Å². The maximum absolute atomic E-state index is 10.1. The topological polar surface area (TPSA) is 32.7 Å². The second-order valence-corrected chi connectivity index (χ2v) is 6.21. The van der Waals surface area contributed by atoms with Gasteiger partial charge in [-0.3, -0.25) is 4.90 Å². The Hall–Kier alpha value is -1.06. The van der Waals surface area contributed by atoms with Crippen molar-refractivity contribution < 1.29 is 9.84 Å². The summed E-state index contributed by atoms with van der Waals surface area (Å²) < 4.78 is 5.29. The summed E-state index contributed by atoms with van der Waals surface area (Å²) in [7, 11) is 1.70. The van der Waals surface area contributed by atoms with Gasteiger partial charge in [0.2, 0.25) is 0 Å². The zero-order chi connectivity index (χ0) is 15.7. The average molecular weight is 293 g/mol. The van der Waals surface area contributed by atoms with Crippen LogP contribution in [0.2, 0.25) is 0 Å². The van der Waals surface area contributed by atoms with Gasteiger partial charge >= 0.3 is 0 Å². The van der Waals surface area contributed by atoms with Crippen LogP contribution >= 0.6 is 0 Å². The first kappa shape index (κ1) is 18.0. The van der Waals surface area contributed by atoms with Crippen LogP contribution in [-0.2, 0) is 6.54 Å². The number of benzene rings is 1. The van der Waals surface area contributed by atoms with E-state index in [0.29, 0.717) is 5.92 Å². The summed E-state index contributed by atoms with van der Waals surface area (Å²) in [4.78, 5) is 2.36. The van der Waals surface area contributed by atoms with E-state index in [1.165, 1.54) is 5.56 Å². The molecule has 1 atom stereocenters. The molecule has 0 heterocycles. The van der Waals surface area contributed by atoms with E-state index in [1.54, 1.807) is 7.11 Å². The van der Waals surface area contributed by atoms with Crippen LogP contribution in [0, 0.1) is 5.92 Å². The summed E-state index contributed by atoms with van der Waals surface area (Å²) in [5.41, 5.74) is 1.24. The third kappa shape index (κ3) is 7.49. The zero-order valence-corrected chi connectivity index (χ0v) is 14.0. The van der Waals surface area contributed by atoms with E-state index < -0.39 is 0 Å². The molecule has 0 saturated carbocycles. The van der Waals surface area contributed by atoms with Gasteiger partial charge in [-0.05, 0) is 43.0 Å². The van der Waals surface area contributed by atoms with E-state index in [9.17, 15) is 5.11 Å². The summed E-state index contributed by atoms with van der Waals surface area (Å²) in [6.45, 7) is 9.24. The first-order chi connectivity index (χ1) is 10.0. The van der Waals surface area contributed by atoms with Crippen molar-refractivity contribution in [2.45, 2.75) is 52.7 Å². The molecule has 1 unspecified atom stereocenters. The molecule has 1 rings (SSSR count). The molecule has 0 bridgehead atoms. The van der Waals surface area contributed by atoms with Crippen molar-refractivity contribution in [3.63, 3.8) is 0 Å². The summed E-state index contributed by atoms with van der Waals surface area (Å²) >= 11 is 0. The molecule has 1 aromatic carbocycles. The fraction of sp³-hybridized carbons (Fsp3) is 0.667. The maximum atomic E-state index is 10.1. The van der Waals surface area contributed by atoms with Gasteiger partial charge in [-0.1, -0.05) is 39.3 Å². The van der Waals surface area contributed by atoms with Gasteiger partial charge < -0.3 is 9.84 Å². The molecule has 0 aromatic heterocycles. The fourth-order valence-corrected chi connectivity index (χ4v) is 2.43. The minimum atomic E-state index is -0.229. The zero-order valence-electron chi connectivity index (χ0n) is 14.0. The predicted molar refractivity (Wildman–Crippen MR) is 88.6 cm³/mol. The number of hydrogen-bond donors (Lipinski definition) is 1. The first-order valence-electron chi connectivity index (χ1n) is 8.08. The largest absolute Gasteiger partial charge is 0.497 e. The Labute approximate surface area is 129 Å². The lowest BCUT2D eigenvalue weighted by molar-refractivity contribution is 0.0981. The molecule has 0 spiro atoms. The lowest BCUT2D eigenvalue weighted by Crippen LogP contribution is -2.33. The van der Waals surface area contributed by atoms with E-state index in [0.717, 1.165) is 44.6 Å². The second kappa shape index (κ2) is 9.80. The van der Waals surface area contributed by atoms with Crippen LogP contribution < -0.4 is 4.74 Å². The Balaban J connectivity index is 2.65. The third-order valence-corrected chi connectivity index (χ3v) is 3.65. The quantitative estimate of drug-likeness (QED) is 0.714. The van der Waals surface area contributed by atoms with Gasteiger partial charge in [0.25, 0.3) is 0 Å². The van der Waals surface area contributed by atoms with Crippen LogP contribution in [0.4, 0.5) is 0 Å². The summed E-state index contributed by atoms with van der Waals surface area (Å²) in [6.07, 6.45) is 2.82. The van der Waals surface area contributed by atoms with Gasteiger partial charge in [0.1, 0.15) is 5.75 Å². The fourth-order valence-electron chi connectivity index (χ4n) is 2.43. The molecule has 0 aliphatic rings. The smallest absolute Gasteiger partial charge is 0.119 e. The molecule has 1 N–H and O–H groups in total. The predicted octanol–water partition coefficient (Wildman–Crippen LogP) is 3.70. The van der Waals surface area contributed by atoms with Crippen molar-refractivity contribution in [3.8, 4) is 5.75 Å². The van der Waals surface area contributed by atoms with Crippen LogP contribution in [0.3, 0.4) is 0 Å². The van der Waals surface area contributed by atoms with Gasteiger partial charge in [-0.15, -0.1) is 0 Å². The van der Waals surface area contributed by atoms with E-state index in [1.807, 2.05) is 12.1 Å². The molecule has 3 nitrogen and oxygen atoms in total. The second-order valence-electron chi connectivity index (χ2n) is 6.21.